The van der Waals surface area contributed by atoms with Gasteiger partial charge in [-0.1, -0.05) is 42.8 Å². The second kappa shape index (κ2) is 9.40. The molecule has 1 saturated carbocycles. The summed E-state index contributed by atoms with van der Waals surface area (Å²) in [6.45, 7) is 11.6. The molecule has 0 saturated heterocycles. The van der Waals surface area contributed by atoms with E-state index in [0.29, 0.717) is 39.9 Å². The van der Waals surface area contributed by atoms with E-state index in [-0.39, 0.29) is 17.8 Å². The summed E-state index contributed by atoms with van der Waals surface area (Å²) in [4.78, 5) is 1.76. The Morgan fingerprint density at radius 2 is 1.79 bits per heavy atom. The standard InChI is InChI=1S/C22H25Cl2F3N2/c1-13-8-19(23)21(20(24)9-13)14(2)11-29(12-17-6-5-7-17)16(4)18(10-28)15(3)22(25,26)27/h8-10,17,28H,2,4-7,11-12H2,1,3H3/b18-15-,28-10?. The molecule has 1 fully saturated rings. The van der Waals surface area contributed by atoms with Crippen molar-refractivity contribution in [3.05, 3.63) is 63.3 Å². The number of aryl methyl sites for hydroxylation is 1. The monoisotopic (exact) mass is 444 g/mol. The van der Waals surface area contributed by atoms with Crippen LogP contribution in [0.4, 0.5) is 13.2 Å². The lowest BCUT2D eigenvalue weighted by Gasteiger charge is -2.36. The van der Waals surface area contributed by atoms with Crippen molar-refractivity contribution in [3.8, 4) is 0 Å². The van der Waals surface area contributed by atoms with Crippen molar-refractivity contribution in [1.82, 2.24) is 4.90 Å². The van der Waals surface area contributed by atoms with Crippen LogP contribution in [0.25, 0.3) is 5.57 Å². The van der Waals surface area contributed by atoms with Gasteiger partial charge in [0, 0.05) is 51.8 Å². The van der Waals surface area contributed by atoms with E-state index < -0.39 is 11.7 Å². The van der Waals surface area contributed by atoms with Crippen LogP contribution < -0.4 is 0 Å². The molecule has 7 heteroatoms. The number of allylic oxidation sites excluding steroid dienone is 2. The third kappa shape index (κ3) is 5.67. The average Bonchev–Trinajstić information content (AvgIpc) is 2.55. The Hall–Kier alpha value is -1.72. The average molecular weight is 445 g/mol. The Balaban J connectivity index is 2.37. The molecule has 0 spiro atoms. The lowest BCUT2D eigenvalue weighted by Crippen LogP contribution is -2.34. The van der Waals surface area contributed by atoms with Crippen LogP contribution in [-0.4, -0.2) is 30.4 Å². The molecule has 0 unspecified atom stereocenters. The lowest BCUT2D eigenvalue weighted by atomic mass is 9.84. The second-order valence-electron chi connectivity index (χ2n) is 7.51. The fraction of sp³-hybridized carbons (Fsp3) is 0.409. The highest BCUT2D eigenvalue weighted by Crippen LogP contribution is 2.36. The van der Waals surface area contributed by atoms with Crippen LogP contribution in [-0.2, 0) is 0 Å². The largest absolute Gasteiger partial charge is 0.413 e. The maximum atomic E-state index is 13.2. The third-order valence-corrected chi connectivity index (χ3v) is 5.89. The molecule has 0 radical (unpaired) electrons. The number of nitrogens with zero attached hydrogens (tertiary/aromatic N) is 1. The van der Waals surface area contributed by atoms with Crippen LogP contribution in [0.1, 0.15) is 37.3 Å². The fourth-order valence-electron chi connectivity index (χ4n) is 3.34. The highest BCUT2D eigenvalue weighted by atomic mass is 35.5. The van der Waals surface area contributed by atoms with Crippen molar-refractivity contribution >= 4 is 35.0 Å². The number of benzene rings is 1. The summed E-state index contributed by atoms with van der Waals surface area (Å²) in [6, 6.07) is 3.55. The number of halogens is 5. The van der Waals surface area contributed by atoms with Crippen molar-refractivity contribution < 1.29 is 13.2 Å². The molecule has 1 aliphatic carbocycles. The van der Waals surface area contributed by atoms with Crippen molar-refractivity contribution in [1.29, 1.82) is 5.41 Å². The third-order valence-electron chi connectivity index (χ3n) is 5.29. The zero-order valence-electron chi connectivity index (χ0n) is 16.6. The van der Waals surface area contributed by atoms with Gasteiger partial charge in [-0.15, -0.1) is 0 Å². The topological polar surface area (TPSA) is 27.1 Å². The number of rotatable bonds is 8. The minimum absolute atomic E-state index is 0.155. The molecule has 2 nitrogen and oxygen atoms in total. The highest BCUT2D eigenvalue weighted by Gasteiger charge is 2.34. The Kier molecular flexibility index (Phi) is 7.63. The van der Waals surface area contributed by atoms with Gasteiger partial charge in [0.1, 0.15) is 0 Å². The molecule has 0 heterocycles. The molecule has 0 aromatic heterocycles. The molecule has 0 atom stereocenters. The first-order chi connectivity index (χ1) is 13.5. The molecule has 1 aliphatic rings. The Labute approximate surface area is 180 Å². The summed E-state index contributed by atoms with van der Waals surface area (Å²) in [5, 5.41) is 8.43. The van der Waals surface area contributed by atoms with E-state index >= 15 is 0 Å². The van der Waals surface area contributed by atoms with E-state index in [9.17, 15) is 13.2 Å². The number of nitrogens with one attached hydrogen (secondary N) is 1. The van der Waals surface area contributed by atoms with Crippen LogP contribution in [0, 0.1) is 18.3 Å². The van der Waals surface area contributed by atoms with E-state index in [0.717, 1.165) is 31.7 Å². The highest BCUT2D eigenvalue weighted by molar-refractivity contribution is 6.37. The van der Waals surface area contributed by atoms with E-state index in [1.807, 2.05) is 6.92 Å². The molecule has 1 aromatic rings. The summed E-state index contributed by atoms with van der Waals surface area (Å²) < 4.78 is 39.7. The van der Waals surface area contributed by atoms with Crippen molar-refractivity contribution in [3.63, 3.8) is 0 Å². The maximum Gasteiger partial charge on any atom is 0.413 e. The number of alkyl halides is 3. The molecule has 0 amide bonds. The van der Waals surface area contributed by atoms with E-state index in [4.69, 9.17) is 28.6 Å². The van der Waals surface area contributed by atoms with Gasteiger partial charge < -0.3 is 10.3 Å². The van der Waals surface area contributed by atoms with Gasteiger partial charge >= 0.3 is 6.18 Å². The van der Waals surface area contributed by atoms with Gasteiger partial charge in [0.15, 0.2) is 0 Å². The van der Waals surface area contributed by atoms with Crippen LogP contribution in [0.5, 0.6) is 0 Å². The van der Waals surface area contributed by atoms with Crippen LogP contribution in [0.2, 0.25) is 10.0 Å². The molecule has 158 valence electrons. The molecule has 0 bridgehead atoms. The quantitative estimate of drug-likeness (QED) is 0.326. The molecule has 1 aromatic carbocycles. The molecule has 2 rings (SSSR count). The van der Waals surface area contributed by atoms with Crippen molar-refractivity contribution in [2.45, 2.75) is 39.3 Å². The predicted molar refractivity (Wildman–Crippen MR) is 116 cm³/mol. The molecular weight excluding hydrogens is 420 g/mol. The maximum absolute atomic E-state index is 13.2. The first-order valence-electron chi connectivity index (χ1n) is 9.32. The van der Waals surface area contributed by atoms with Gasteiger partial charge in [0.25, 0.3) is 0 Å². The van der Waals surface area contributed by atoms with Gasteiger partial charge in [-0.05, 0) is 55.9 Å². The van der Waals surface area contributed by atoms with Gasteiger partial charge in [-0.25, -0.2) is 0 Å². The molecule has 29 heavy (non-hydrogen) atoms. The first-order valence-corrected chi connectivity index (χ1v) is 10.1. The smallest absolute Gasteiger partial charge is 0.367 e. The summed E-state index contributed by atoms with van der Waals surface area (Å²) in [5.74, 6) is 0.377. The Morgan fingerprint density at radius 3 is 2.21 bits per heavy atom. The predicted octanol–water partition coefficient (Wildman–Crippen LogP) is 7.46. The Bertz CT molecular complexity index is 829. The van der Waals surface area contributed by atoms with Crippen molar-refractivity contribution in [2.75, 3.05) is 13.1 Å². The van der Waals surface area contributed by atoms with Gasteiger partial charge in [-0.3, -0.25) is 0 Å². The zero-order chi connectivity index (χ0) is 21.9. The summed E-state index contributed by atoms with van der Waals surface area (Å²) in [7, 11) is 0. The second-order valence-corrected chi connectivity index (χ2v) is 8.33. The normalized spacial score (nSPS) is 15.4. The summed E-state index contributed by atoms with van der Waals surface area (Å²) in [6.07, 6.45) is -0.670. The zero-order valence-corrected chi connectivity index (χ0v) is 18.1. The Morgan fingerprint density at radius 1 is 1.24 bits per heavy atom. The van der Waals surface area contributed by atoms with Gasteiger partial charge in [0.2, 0.25) is 0 Å². The van der Waals surface area contributed by atoms with Gasteiger partial charge in [0.05, 0.1) is 0 Å². The summed E-state index contributed by atoms with van der Waals surface area (Å²) in [5.41, 5.74) is 1.16. The minimum Gasteiger partial charge on any atom is -0.367 e. The molecule has 0 aliphatic heterocycles. The summed E-state index contributed by atoms with van der Waals surface area (Å²) >= 11 is 12.7. The fourth-order valence-corrected chi connectivity index (χ4v) is 4.20. The van der Waals surface area contributed by atoms with E-state index in [1.54, 1.807) is 17.0 Å². The van der Waals surface area contributed by atoms with E-state index in [1.165, 1.54) is 0 Å². The van der Waals surface area contributed by atoms with Gasteiger partial charge in [-0.2, -0.15) is 13.2 Å². The molecular formula is C22H25Cl2F3N2. The van der Waals surface area contributed by atoms with Crippen LogP contribution in [0.3, 0.4) is 0 Å². The SMILES string of the molecule is C=C(CN(CC1CCC1)C(=C)/C(C=N)=C(/C)C(F)(F)F)c1c(Cl)cc(C)cc1Cl. The lowest BCUT2D eigenvalue weighted by molar-refractivity contribution is -0.0918. The number of hydrogen-bond acceptors (Lipinski definition) is 2. The minimum atomic E-state index is -4.53. The number of hydrogen-bond donors (Lipinski definition) is 1. The molecule has 1 N–H and O–H groups in total. The van der Waals surface area contributed by atoms with Crippen molar-refractivity contribution in [2.24, 2.45) is 5.92 Å². The van der Waals surface area contributed by atoms with Crippen LogP contribution >= 0.6 is 23.2 Å². The van der Waals surface area contributed by atoms with Crippen LogP contribution in [0.15, 0.2) is 42.1 Å². The first kappa shape index (κ1) is 23.6. The van der Waals surface area contributed by atoms with E-state index in [2.05, 4.69) is 13.2 Å².